The lowest BCUT2D eigenvalue weighted by atomic mass is 10.1. The van der Waals surface area contributed by atoms with E-state index in [4.69, 9.17) is 16.6 Å². The first-order valence-corrected chi connectivity index (χ1v) is 9.76. The molecule has 0 aliphatic carbocycles. The van der Waals surface area contributed by atoms with E-state index >= 15 is 0 Å². The molecule has 0 aliphatic rings. The minimum atomic E-state index is -0.251. The van der Waals surface area contributed by atoms with Crippen LogP contribution in [0.3, 0.4) is 0 Å². The average Bonchev–Trinajstić information content (AvgIpc) is 3.22. The molecule has 0 unspecified atom stereocenters. The molecule has 2 heterocycles. The molecule has 1 nitrogen and oxygen atoms in total. The SMILES string of the molecule is Cc1csc(-c2sc(-c3ccccc3Cl)nc2-c2ccc(F)cc2)c1. The van der Waals surface area contributed by atoms with Crippen LogP contribution in [0, 0.1) is 12.7 Å². The van der Waals surface area contributed by atoms with Crippen LogP contribution < -0.4 is 0 Å². The van der Waals surface area contributed by atoms with Gasteiger partial charge in [0.2, 0.25) is 0 Å². The molecular weight excluding hydrogens is 373 g/mol. The molecule has 0 bridgehead atoms. The fourth-order valence-corrected chi connectivity index (χ4v) is 5.02. The van der Waals surface area contributed by atoms with Crippen LogP contribution in [-0.2, 0) is 0 Å². The number of thiophene rings is 1. The second-order valence-electron chi connectivity index (χ2n) is 5.67. The van der Waals surface area contributed by atoms with Crippen molar-refractivity contribution < 1.29 is 4.39 Å². The third-order valence-corrected chi connectivity index (χ3v) is 6.45. The molecule has 0 saturated heterocycles. The Balaban J connectivity index is 1.92. The summed E-state index contributed by atoms with van der Waals surface area (Å²) in [5.41, 5.74) is 3.90. The van der Waals surface area contributed by atoms with Crippen LogP contribution in [0.15, 0.2) is 60.0 Å². The molecule has 4 aromatic rings. The number of rotatable bonds is 3. The van der Waals surface area contributed by atoms with Crippen LogP contribution in [0.1, 0.15) is 5.56 Å². The van der Waals surface area contributed by atoms with Gasteiger partial charge >= 0.3 is 0 Å². The lowest BCUT2D eigenvalue weighted by molar-refractivity contribution is 0.628. The third-order valence-electron chi connectivity index (χ3n) is 3.80. The molecule has 2 aromatic heterocycles. The standard InChI is InChI=1S/C20H13ClFNS2/c1-12-10-17(24-11-12)19-18(13-6-8-14(22)9-7-13)23-20(25-19)15-4-2-3-5-16(15)21/h2-11H,1H3. The van der Waals surface area contributed by atoms with Crippen molar-refractivity contribution in [1.82, 2.24) is 4.98 Å². The Kier molecular flexibility index (Phi) is 4.42. The third kappa shape index (κ3) is 3.25. The Labute approximate surface area is 158 Å². The number of hydrogen-bond donors (Lipinski definition) is 0. The average molecular weight is 386 g/mol. The van der Waals surface area contributed by atoms with Crippen molar-refractivity contribution in [1.29, 1.82) is 0 Å². The van der Waals surface area contributed by atoms with Crippen LogP contribution in [-0.4, -0.2) is 4.98 Å². The highest BCUT2D eigenvalue weighted by Crippen LogP contribution is 2.44. The molecule has 0 radical (unpaired) electrons. The van der Waals surface area contributed by atoms with E-state index in [0.717, 1.165) is 31.6 Å². The highest BCUT2D eigenvalue weighted by atomic mass is 35.5. The maximum Gasteiger partial charge on any atom is 0.126 e. The van der Waals surface area contributed by atoms with Crippen LogP contribution in [0.2, 0.25) is 5.02 Å². The van der Waals surface area contributed by atoms with Crippen molar-refractivity contribution in [2.24, 2.45) is 0 Å². The molecule has 0 N–H and O–H groups in total. The Bertz CT molecular complexity index is 1030. The Morgan fingerprint density at radius 3 is 2.48 bits per heavy atom. The first-order chi connectivity index (χ1) is 12.1. The van der Waals surface area contributed by atoms with E-state index in [1.807, 2.05) is 24.3 Å². The summed E-state index contributed by atoms with van der Waals surface area (Å²) in [4.78, 5) is 7.09. The molecule has 0 amide bonds. The lowest BCUT2D eigenvalue weighted by Gasteiger charge is -2.00. The fourth-order valence-electron chi connectivity index (χ4n) is 2.59. The molecule has 25 heavy (non-hydrogen) atoms. The van der Waals surface area contributed by atoms with Crippen LogP contribution in [0.4, 0.5) is 4.39 Å². The van der Waals surface area contributed by atoms with Crippen LogP contribution in [0.25, 0.3) is 31.6 Å². The van der Waals surface area contributed by atoms with Gasteiger partial charge < -0.3 is 0 Å². The van der Waals surface area contributed by atoms with Crippen molar-refractivity contribution in [2.75, 3.05) is 0 Å². The normalized spacial score (nSPS) is 11.0. The molecular formula is C20H13ClFNS2. The van der Waals surface area contributed by atoms with Gasteiger partial charge in [0.1, 0.15) is 10.8 Å². The summed E-state index contributed by atoms with van der Waals surface area (Å²) in [6, 6.07) is 16.3. The van der Waals surface area contributed by atoms with Gasteiger partial charge in [-0.3, -0.25) is 0 Å². The summed E-state index contributed by atoms with van der Waals surface area (Å²) in [5.74, 6) is -0.251. The smallest absolute Gasteiger partial charge is 0.126 e. The van der Waals surface area contributed by atoms with Gasteiger partial charge in [-0.15, -0.1) is 22.7 Å². The molecule has 0 saturated carbocycles. The molecule has 0 fully saturated rings. The molecule has 0 aliphatic heterocycles. The Morgan fingerprint density at radius 1 is 1.04 bits per heavy atom. The Morgan fingerprint density at radius 2 is 1.80 bits per heavy atom. The molecule has 0 atom stereocenters. The summed E-state index contributed by atoms with van der Waals surface area (Å²) >= 11 is 9.66. The molecule has 124 valence electrons. The lowest BCUT2D eigenvalue weighted by Crippen LogP contribution is -1.83. The number of thiazole rings is 1. The van der Waals surface area contributed by atoms with Crippen molar-refractivity contribution >= 4 is 34.3 Å². The van der Waals surface area contributed by atoms with Crippen LogP contribution >= 0.6 is 34.3 Å². The number of aryl methyl sites for hydroxylation is 1. The van der Waals surface area contributed by atoms with Crippen molar-refractivity contribution in [3.05, 3.63) is 76.4 Å². The number of aromatic nitrogens is 1. The van der Waals surface area contributed by atoms with Gasteiger partial charge in [0.15, 0.2) is 0 Å². The zero-order valence-corrected chi connectivity index (χ0v) is 15.7. The number of halogens is 2. The van der Waals surface area contributed by atoms with Gasteiger partial charge in [-0.25, -0.2) is 9.37 Å². The molecule has 2 aromatic carbocycles. The van der Waals surface area contributed by atoms with E-state index in [0.29, 0.717) is 5.02 Å². The number of nitrogens with zero attached hydrogens (tertiary/aromatic N) is 1. The summed E-state index contributed by atoms with van der Waals surface area (Å²) < 4.78 is 13.3. The van der Waals surface area contributed by atoms with Gasteiger partial charge in [-0.1, -0.05) is 29.8 Å². The number of benzene rings is 2. The van der Waals surface area contributed by atoms with Crippen molar-refractivity contribution in [3.63, 3.8) is 0 Å². The van der Waals surface area contributed by atoms with Gasteiger partial charge in [0.05, 0.1) is 15.6 Å². The monoisotopic (exact) mass is 385 g/mol. The van der Waals surface area contributed by atoms with E-state index in [2.05, 4.69) is 18.4 Å². The first kappa shape index (κ1) is 16.5. The number of hydrogen-bond acceptors (Lipinski definition) is 3. The highest BCUT2D eigenvalue weighted by Gasteiger charge is 2.18. The first-order valence-electron chi connectivity index (χ1n) is 7.69. The minimum Gasteiger partial charge on any atom is -0.235 e. The summed E-state index contributed by atoms with van der Waals surface area (Å²) in [6.07, 6.45) is 0. The maximum atomic E-state index is 13.3. The zero-order chi connectivity index (χ0) is 17.4. The predicted octanol–water partition coefficient (Wildman–Crippen LogP) is 7.31. The molecule has 0 spiro atoms. The van der Waals surface area contributed by atoms with Gasteiger partial charge in [0.25, 0.3) is 0 Å². The van der Waals surface area contributed by atoms with E-state index in [1.165, 1.54) is 17.7 Å². The van der Waals surface area contributed by atoms with Crippen LogP contribution in [0.5, 0.6) is 0 Å². The van der Waals surface area contributed by atoms with E-state index in [-0.39, 0.29) is 5.82 Å². The topological polar surface area (TPSA) is 12.9 Å². The van der Waals surface area contributed by atoms with Gasteiger partial charge in [-0.05, 0) is 54.3 Å². The quantitative estimate of drug-likeness (QED) is 0.360. The summed E-state index contributed by atoms with van der Waals surface area (Å²) in [6.45, 7) is 2.08. The van der Waals surface area contributed by atoms with Gasteiger partial charge in [-0.2, -0.15) is 0 Å². The van der Waals surface area contributed by atoms with Gasteiger partial charge in [0, 0.05) is 16.0 Å². The summed E-state index contributed by atoms with van der Waals surface area (Å²) in [7, 11) is 0. The van der Waals surface area contributed by atoms with E-state index in [1.54, 1.807) is 34.8 Å². The largest absolute Gasteiger partial charge is 0.235 e. The maximum absolute atomic E-state index is 13.3. The van der Waals surface area contributed by atoms with Crippen molar-refractivity contribution in [3.8, 4) is 31.6 Å². The highest BCUT2D eigenvalue weighted by molar-refractivity contribution is 7.23. The molecule has 4 rings (SSSR count). The predicted molar refractivity (Wildman–Crippen MR) is 106 cm³/mol. The van der Waals surface area contributed by atoms with Crippen molar-refractivity contribution in [2.45, 2.75) is 6.92 Å². The summed E-state index contributed by atoms with van der Waals surface area (Å²) in [5, 5.41) is 3.67. The van der Waals surface area contributed by atoms with E-state index in [9.17, 15) is 4.39 Å². The minimum absolute atomic E-state index is 0.251. The second kappa shape index (κ2) is 6.71. The zero-order valence-electron chi connectivity index (χ0n) is 13.3. The fraction of sp³-hybridized carbons (Fsp3) is 0.0500. The second-order valence-corrected chi connectivity index (χ2v) is 7.99. The Hall–Kier alpha value is -2.01. The van der Waals surface area contributed by atoms with E-state index < -0.39 is 0 Å². The molecule has 5 heteroatoms.